The molecular weight excluding hydrogens is 156 g/mol. The van der Waals surface area contributed by atoms with Crippen LogP contribution in [0.15, 0.2) is 12.2 Å². The summed E-state index contributed by atoms with van der Waals surface area (Å²) < 4.78 is 5.45. The van der Waals surface area contributed by atoms with Gasteiger partial charge in [0, 0.05) is 5.25 Å². The molecule has 0 amide bonds. The van der Waals surface area contributed by atoms with Crippen LogP contribution >= 0.6 is 12.0 Å². The SMILES string of the molecule is CC(C)OSC1C=CCCC1. The van der Waals surface area contributed by atoms with E-state index in [0.717, 1.165) is 0 Å². The first kappa shape index (κ1) is 9.14. The lowest BCUT2D eigenvalue weighted by Crippen LogP contribution is -2.05. The monoisotopic (exact) mass is 172 g/mol. The molecule has 0 bridgehead atoms. The highest BCUT2D eigenvalue weighted by Crippen LogP contribution is 2.24. The first-order valence-corrected chi connectivity index (χ1v) is 5.08. The van der Waals surface area contributed by atoms with Crippen molar-refractivity contribution in [3.05, 3.63) is 12.2 Å². The molecule has 1 rings (SSSR count). The van der Waals surface area contributed by atoms with Crippen LogP contribution < -0.4 is 0 Å². The zero-order valence-corrected chi connectivity index (χ0v) is 8.06. The maximum atomic E-state index is 5.45. The van der Waals surface area contributed by atoms with E-state index in [2.05, 4.69) is 26.0 Å². The molecule has 1 atom stereocenters. The van der Waals surface area contributed by atoms with Crippen LogP contribution in [0.4, 0.5) is 0 Å². The molecule has 0 radical (unpaired) electrons. The lowest BCUT2D eigenvalue weighted by Gasteiger charge is -2.16. The van der Waals surface area contributed by atoms with Crippen LogP contribution in [0.1, 0.15) is 33.1 Å². The molecule has 0 aromatic rings. The van der Waals surface area contributed by atoms with Crippen molar-refractivity contribution in [2.45, 2.75) is 44.5 Å². The third-order valence-electron chi connectivity index (χ3n) is 1.58. The van der Waals surface area contributed by atoms with Crippen molar-refractivity contribution in [3.63, 3.8) is 0 Å². The number of hydrogen-bond donors (Lipinski definition) is 0. The van der Waals surface area contributed by atoms with E-state index in [1.54, 1.807) is 12.0 Å². The van der Waals surface area contributed by atoms with E-state index in [9.17, 15) is 0 Å². The van der Waals surface area contributed by atoms with Crippen molar-refractivity contribution < 1.29 is 4.18 Å². The van der Waals surface area contributed by atoms with Crippen molar-refractivity contribution in [3.8, 4) is 0 Å². The van der Waals surface area contributed by atoms with Crippen LogP contribution in [0, 0.1) is 0 Å². The molecule has 1 nitrogen and oxygen atoms in total. The molecular formula is C9H16OS. The van der Waals surface area contributed by atoms with Gasteiger partial charge in [0.2, 0.25) is 0 Å². The summed E-state index contributed by atoms with van der Waals surface area (Å²) >= 11 is 1.62. The summed E-state index contributed by atoms with van der Waals surface area (Å²) in [6.45, 7) is 4.14. The Kier molecular flexibility index (Phi) is 4.02. The zero-order valence-electron chi connectivity index (χ0n) is 7.25. The quantitative estimate of drug-likeness (QED) is 0.477. The Labute approximate surface area is 73.4 Å². The average molecular weight is 172 g/mol. The van der Waals surface area contributed by atoms with Gasteiger partial charge in [-0.1, -0.05) is 12.2 Å². The summed E-state index contributed by atoms with van der Waals surface area (Å²) in [7, 11) is 0. The second-order valence-electron chi connectivity index (χ2n) is 3.14. The first-order chi connectivity index (χ1) is 5.29. The van der Waals surface area contributed by atoms with Gasteiger partial charge in [-0.25, -0.2) is 0 Å². The molecule has 0 aromatic heterocycles. The maximum Gasteiger partial charge on any atom is 0.0666 e. The Balaban J connectivity index is 2.15. The maximum absolute atomic E-state index is 5.45. The number of hydrogen-bond acceptors (Lipinski definition) is 2. The van der Waals surface area contributed by atoms with Gasteiger partial charge < -0.3 is 4.18 Å². The Morgan fingerprint density at radius 2 is 2.36 bits per heavy atom. The summed E-state index contributed by atoms with van der Waals surface area (Å²) in [6, 6.07) is 0. The third-order valence-corrected chi connectivity index (χ3v) is 2.72. The van der Waals surface area contributed by atoms with E-state index < -0.39 is 0 Å². The van der Waals surface area contributed by atoms with E-state index >= 15 is 0 Å². The molecule has 1 aliphatic rings. The molecule has 64 valence electrons. The minimum atomic E-state index is 0.343. The Hall–Kier alpha value is 0.0500. The van der Waals surface area contributed by atoms with Gasteiger partial charge in [-0.05, 0) is 45.2 Å². The van der Waals surface area contributed by atoms with E-state index in [1.807, 2.05) is 0 Å². The van der Waals surface area contributed by atoms with Crippen molar-refractivity contribution in [1.82, 2.24) is 0 Å². The minimum Gasteiger partial charge on any atom is -0.312 e. The summed E-state index contributed by atoms with van der Waals surface area (Å²) in [5.74, 6) is 0. The van der Waals surface area contributed by atoms with E-state index in [1.165, 1.54) is 19.3 Å². The van der Waals surface area contributed by atoms with Crippen molar-refractivity contribution >= 4 is 12.0 Å². The Morgan fingerprint density at radius 3 is 2.91 bits per heavy atom. The van der Waals surface area contributed by atoms with Gasteiger partial charge in [-0.3, -0.25) is 0 Å². The number of allylic oxidation sites excluding steroid dienone is 1. The lowest BCUT2D eigenvalue weighted by atomic mass is 10.1. The Bertz CT molecular complexity index is 132. The van der Waals surface area contributed by atoms with Gasteiger partial charge in [0.25, 0.3) is 0 Å². The fourth-order valence-corrected chi connectivity index (χ4v) is 1.85. The predicted octanol–water partition coefficient (Wildman–Crippen LogP) is 3.17. The summed E-state index contributed by atoms with van der Waals surface area (Å²) in [4.78, 5) is 0. The van der Waals surface area contributed by atoms with Gasteiger partial charge in [0.15, 0.2) is 0 Å². The minimum absolute atomic E-state index is 0.343. The number of rotatable bonds is 3. The summed E-state index contributed by atoms with van der Waals surface area (Å²) in [6.07, 6.45) is 8.69. The molecule has 0 saturated carbocycles. The lowest BCUT2D eigenvalue weighted by molar-refractivity contribution is 0.287. The highest BCUT2D eigenvalue weighted by atomic mass is 32.2. The molecule has 0 saturated heterocycles. The molecule has 0 aliphatic heterocycles. The van der Waals surface area contributed by atoms with Gasteiger partial charge in [0.1, 0.15) is 0 Å². The molecule has 0 fully saturated rings. The molecule has 1 aliphatic carbocycles. The van der Waals surface area contributed by atoms with Gasteiger partial charge in [-0.15, -0.1) is 0 Å². The topological polar surface area (TPSA) is 9.23 Å². The van der Waals surface area contributed by atoms with Crippen molar-refractivity contribution in [2.75, 3.05) is 0 Å². The van der Waals surface area contributed by atoms with Gasteiger partial charge in [-0.2, -0.15) is 0 Å². The predicted molar refractivity (Wildman–Crippen MR) is 50.6 cm³/mol. The highest BCUT2D eigenvalue weighted by Gasteiger charge is 2.09. The highest BCUT2D eigenvalue weighted by molar-refractivity contribution is 7.95. The van der Waals surface area contributed by atoms with Crippen LogP contribution in [-0.2, 0) is 4.18 Å². The van der Waals surface area contributed by atoms with E-state index in [0.29, 0.717) is 11.4 Å². The first-order valence-electron chi connectivity index (χ1n) is 4.28. The molecule has 1 unspecified atom stereocenters. The van der Waals surface area contributed by atoms with Crippen molar-refractivity contribution in [1.29, 1.82) is 0 Å². The van der Waals surface area contributed by atoms with E-state index in [4.69, 9.17) is 4.18 Å². The van der Waals surface area contributed by atoms with Crippen LogP contribution in [-0.4, -0.2) is 11.4 Å². The average Bonchev–Trinajstić information content (AvgIpc) is 2.03. The van der Waals surface area contributed by atoms with Gasteiger partial charge in [0.05, 0.1) is 6.10 Å². The van der Waals surface area contributed by atoms with Crippen LogP contribution in [0.3, 0.4) is 0 Å². The van der Waals surface area contributed by atoms with E-state index in [-0.39, 0.29) is 0 Å². The second kappa shape index (κ2) is 4.83. The fraction of sp³-hybridized carbons (Fsp3) is 0.778. The molecule has 0 aromatic carbocycles. The van der Waals surface area contributed by atoms with Crippen LogP contribution in [0.2, 0.25) is 0 Å². The summed E-state index contributed by atoms with van der Waals surface area (Å²) in [5, 5.41) is 0.603. The van der Waals surface area contributed by atoms with Gasteiger partial charge >= 0.3 is 0 Å². The molecule has 0 spiro atoms. The normalized spacial score (nSPS) is 24.5. The fourth-order valence-electron chi connectivity index (χ4n) is 1.04. The van der Waals surface area contributed by atoms with Crippen LogP contribution in [0.25, 0.3) is 0 Å². The second-order valence-corrected chi connectivity index (χ2v) is 4.13. The smallest absolute Gasteiger partial charge is 0.0666 e. The molecule has 0 N–H and O–H groups in total. The third kappa shape index (κ3) is 3.82. The largest absolute Gasteiger partial charge is 0.312 e. The summed E-state index contributed by atoms with van der Waals surface area (Å²) in [5.41, 5.74) is 0. The standard InChI is InChI=1S/C9H16OS/c1-8(2)10-11-9-6-4-3-5-7-9/h4,6,8-9H,3,5,7H2,1-2H3. The van der Waals surface area contributed by atoms with Crippen LogP contribution in [0.5, 0.6) is 0 Å². The molecule has 0 heterocycles. The Morgan fingerprint density at radius 1 is 1.55 bits per heavy atom. The molecule has 11 heavy (non-hydrogen) atoms. The zero-order chi connectivity index (χ0) is 8.10. The molecule has 2 heteroatoms. The van der Waals surface area contributed by atoms with Crippen molar-refractivity contribution in [2.24, 2.45) is 0 Å².